The molecule has 3 aromatic rings. The van der Waals surface area contributed by atoms with Gasteiger partial charge in [-0.15, -0.1) is 0 Å². The molecule has 1 amide bonds. The minimum Gasteiger partial charge on any atom is -0.452 e. The molecule has 0 aromatic heterocycles. The zero-order valence-electron chi connectivity index (χ0n) is 13.0. The molecule has 0 atom stereocenters. The van der Waals surface area contributed by atoms with E-state index in [1.54, 1.807) is 24.3 Å². The molecular weight excluding hydrogens is 361 g/mol. The molecule has 1 N–H and O–H groups in total. The Balaban J connectivity index is 1.65. The number of carbonyl (C=O) groups is 2. The molecule has 0 radical (unpaired) electrons. The minimum atomic E-state index is -0.555. The average molecular weight is 374 g/mol. The summed E-state index contributed by atoms with van der Waals surface area (Å²) in [6, 6.07) is 17.5. The molecule has 0 unspecified atom stereocenters. The minimum absolute atomic E-state index is 0.326. The van der Waals surface area contributed by atoms with Gasteiger partial charge in [0.15, 0.2) is 6.61 Å². The van der Waals surface area contributed by atoms with E-state index in [4.69, 9.17) is 27.9 Å². The number of rotatable bonds is 4. The summed E-state index contributed by atoms with van der Waals surface area (Å²) in [6.07, 6.45) is 0. The van der Waals surface area contributed by atoms with Crippen molar-refractivity contribution >= 4 is 51.5 Å². The fourth-order valence-corrected chi connectivity index (χ4v) is 2.68. The standard InChI is InChI=1S/C19H13Cl2NO3/c20-16-9-8-13(10-17(16)21)22-18(23)11-25-19(24)15-7-3-5-12-4-1-2-6-14(12)15/h1-10H,11H2,(H,22,23). The summed E-state index contributed by atoms with van der Waals surface area (Å²) in [4.78, 5) is 24.2. The van der Waals surface area contributed by atoms with Crippen LogP contribution in [0.25, 0.3) is 10.8 Å². The van der Waals surface area contributed by atoms with Crippen LogP contribution in [-0.4, -0.2) is 18.5 Å². The van der Waals surface area contributed by atoms with Crippen LogP contribution >= 0.6 is 23.2 Å². The smallest absolute Gasteiger partial charge is 0.339 e. The van der Waals surface area contributed by atoms with E-state index in [-0.39, 0.29) is 0 Å². The lowest BCUT2D eigenvalue weighted by Gasteiger charge is -2.09. The number of halogens is 2. The highest BCUT2D eigenvalue weighted by atomic mass is 35.5. The van der Waals surface area contributed by atoms with E-state index in [0.717, 1.165) is 10.8 Å². The Morgan fingerprint density at radius 1 is 0.920 bits per heavy atom. The monoisotopic (exact) mass is 373 g/mol. The summed E-state index contributed by atoms with van der Waals surface area (Å²) >= 11 is 11.7. The highest BCUT2D eigenvalue weighted by Crippen LogP contribution is 2.25. The fourth-order valence-electron chi connectivity index (χ4n) is 2.38. The van der Waals surface area contributed by atoms with E-state index < -0.39 is 18.5 Å². The summed E-state index contributed by atoms with van der Waals surface area (Å²) in [5.74, 6) is -1.02. The highest BCUT2D eigenvalue weighted by molar-refractivity contribution is 6.42. The molecule has 0 aliphatic carbocycles. The van der Waals surface area contributed by atoms with Gasteiger partial charge in [-0.25, -0.2) is 4.79 Å². The van der Waals surface area contributed by atoms with Crippen LogP contribution in [0.5, 0.6) is 0 Å². The van der Waals surface area contributed by atoms with Gasteiger partial charge in [0, 0.05) is 5.69 Å². The van der Waals surface area contributed by atoms with Crippen molar-refractivity contribution in [2.45, 2.75) is 0 Å². The van der Waals surface area contributed by atoms with Gasteiger partial charge in [-0.1, -0.05) is 59.6 Å². The van der Waals surface area contributed by atoms with Crippen molar-refractivity contribution < 1.29 is 14.3 Å². The maximum Gasteiger partial charge on any atom is 0.339 e. The van der Waals surface area contributed by atoms with Crippen LogP contribution in [0, 0.1) is 0 Å². The van der Waals surface area contributed by atoms with Crippen molar-refractivity contribution in [3.8, 4) is 0 Å². The molecule has 0 saturated carbocycles. The summed E-state index contributed by atoms with van der Waals surface area (Å²) in [5, 5.41) is 5.02. The maximum absolute atomic E-state index is 12.3. The number of amides is 1. The molecule has 0 saturated heterocycles. The van der Waals surface area contributed by atoms with Crippen LogP contribution in [0.1, 0.15) is 10.4 Å². The number of carbonyl (C=O) groups excluding carboxylic acids is 2. The second-order valence-corrected chi connectivity index (χ2v) is 6.09. The Morgan fingerprint density at radius 2 is 1.68 bits per heavy atom. The first kappa shape index (κ1) is 17.3. The Hall–Kier alpha value is -2.56. The van der Waals surface area contributed by atoms with Crippen LogP contribution in [0.4, 0.5) is 5.69 Å². The van der Waals surface area contributed by atoms with Crippen LogP contribution in [0.2, 0.25) is 10.0 Å². The average Bonchev–Trinajstić information content (AvgIpc) is 2.62. The van der Waals surface area contributed by atoms with E-state index in [9.17, 15) is 9.59 Å². The lowest BCUT2D eigenvalue weighted by molar-refractivity contribution is -0.119. The van der Waals surface area contributed by atoms with Gasteiger partial charge in [-0.2, -0.15) is 0 Å². The molecule has 126 valence electrons. The van der Waals surface area contributed by atoms with E-state index >= 15 is 0 Å². The second kappa shape index (κ2) is 7.55. The summed E-state index contributed by atoms with van der Waals surface area (Å²) in [6.45, 7) is -0.400. The first-order valence-corrected chi connectivity index (χ1v) is 8.20. The summed E-state index contributed by atoms with van der Waals surface area (Å²) in [5.41, 5.74) is 0.890. The Bertz CT molecular complexity index is 951. The molecule has 0 bridgehead atoms. The third-order valence-corrected chi connectivity index (χ3v) is 4.29. The van der Waals surface area contributed by atoms with Crippen molar-refractivity contribution in [2.75, 3.05) is 11.9 Å². The number of hydrogen-bond donors (Lipinski definition) is 1. The second-order valence-electron chi connectivity index (χ2n) is 5.28. The number of fused-ring (bicyclic) bond motifs is 1. The number of esters is 1. The van der Waals surface area contributed by atoms with E-state index in [1.807, 2.05) is 30.3 Å². The highest BCUT2D eigenvalue weighted by Gasteiger charge is 2.13. The molecule has 0 spiro atoms. The lowest BCUT2D eigenvalue weighted by Crippen LogP contribution is -2.21. The van der Waals surface area contributed by atoms with E-state index in [0.29, 0.717) is 21.3 Å². The summed E-state index contributed by atoms with van der Waals surface area (Å²) in [7, 11) is 0. The Morgan fingerprint density at radius 3 is 2.48 bits per heavy atom. The largest absolute Gasteiger partial charge is 0.452 e. The van der Waals surface area contributed by atoms with Gasteiger partial charge in [-0.05, 0) is 35.0 Å². The number of ether oxygens (including phenoxy) is 1. The first-order chi connectivity index (χ1) is 12.0. The van der Waals surface area contributed by atoms with Crippen molar-refractivity contribution in [1.29, 1.82) is 0 Å². The predicted octanol–water partition coefficient (Wildman–Crippen LogP) is 4.94. The number of anilines is 1. The molecule has 25 heavy (non-hydrogen) atoms. The van der Waals surface area contributed by atoms with Crippen molar-refractivity contribution in [3.63, 3.8) is 0 Å². The van der Waals surface area contributed by atoms with Crippen LogP contribution in [-0.2, 0) is 9.53 Å². The topological polar surface area (TPSA) is 55.4 Å². The number of benzene rings is 3. The molecule has 3 rings (SSSR count). The van der Waals surface area contributed by atoms with Gasteiger partial charge in [0.1, 0.15) is 0 Å². The van der Waals surface area contributed by atoms with Gasteiger partial charge in [0.05, 0.1) is 15.6 Å². The SMILES string of the molecule is O=C(COC(=O)c1cccc2ccccc12)Nc1ccc(Cl)c(Cl)c1. The zero-order chi connectivity index (χ0) is 17.8. The van der Waals surface area contributed by atoms with Gasteiger partial charge < -0.3 is 10.1 Å². The van der Waals surface area contributed by atoms with Crippen molar-refractivity contribution in [3.05, 3.63) is 76.3 Å². The normalized spacial score (nSPS) is 10.5. The predicted molar refractivity (Wildman–Crippen MR) is 99.3 cm³/mol. The van der Waals surface area contributed by atoms with Gasteiger partial charge in [-0.3, -0.25) is 4.79 Å². The van der Waals surface area contributed by atoms with Gasteiger partial charge >= 0.3 is 5.97 Å². The lowest BCUT2D eigenvalue weighted by atomic mass is 10.1. The maximum atomic E-state index is 12.3. The molecule has 0 aliphatic rings. The van der Waals surface area contributed by atoms with Gasteiger partial charge in [0.2, 0.25) is 0 Å². The van der Waals surface area contributed by atoms with E-state index in [2.05, 4.69) is 5.32 Å². The van der Waals surface area contributed by atoms with Gasteiger partial charge in [0.25, 0.3) is 5.91 Å². The van der Waals surface area contributed by atoms with Crippen LogP contribution in [0.3, 0.4) is 0 Å². The van der Waals surface area contributed by atoms with E-state index in [1.165, 1.54) is 6.07 Å². The van der Waals surface area contributed by atoms with Crippen molar-refractivity contribution in [1.82, 2.24) is 0 Å². The zero-order valence-corrected chi connectivity index (χ0v) is 14.5. The first-order valence-electron chi connectivity index (χ1n) is 7.44. The molecule has 3 aromatic carbocycles. The quantitative estimate of drug-likeness (QED) is 0.658. The Labute approximate surface area is 154 Å². The molecular formula is C19H13Cl2NO3. The molecule has 0 aliphatic heterocycles. The number of hydrogen-bond acceptors (Lipinski definition) is 3. The molecule has 0 heterocycles. The Kier molecular flexibility index (Phi) is 5.22. The van der Waals surface area contributed by atoms with Crippen LogP contribution < -0.4 is 5.32 Å². The number of nitrogens with one attached hydrogen (secondary N) is 1. The third kappa shape index (κ3) is 4.10. The third-order valence-electron chi connectivity index (χ3n) is 3.55. The summed E-state index contributed by atoms with van der Waals surface area (Å²) < 4.78 is 5.11. The van der Waals surface area contributed by atoms with Crippen molar-refractivity contribution in [2.24, 2.45) is 0 Å². The molecule has 4 nitrogen and oxygen atoms in total. The van der Waals surface area contributed by atoms with Crippen LogP contribution in [0.15, 0.2) is 60.7 Å². The molecule has 6 heteroatoms. The molecule has 0 fully saturated rings. The fraction of sp³-hybridized carbons (Fsp3) is 0.0526.